The van der Waals surface area contributed by atoms with Crippen LogP contribution in [0.2, 0.25) is 0 Å². The van der Waals surface area contributed by atoms with E-state index in [0.717, 1.165) is 30.8 Å². The molecule has 1 fully saturated rings. The predicted octanol–water partition coefficient (Wildman–Crippen LogP) is 0.893. The third-order valence-corrected chi connectivity index (χ3v) is 2.75. The first-order valence-electron chi connectivity index (χ1n) is 5.87. The fourth-order valence-electron chi connectivity index (χ4n) is 1.89. The van der Waals surface area contributed by atoms with Gasteiger partial charge in [-0.2, -0.15) is 5.10 Å². The minimum Gasteiger partial charge on any atom is -0.379 e. The van der Waals surface area contributed by atoms with Crippen molar-refractivity contribution >= 4 is 11.7 Å². The molecule has 0 radical (unpaired) electrons. The number of ether oxygens (including phenoxy) is 1. The molecule has 1 unspecified atom stereocenters. The van der Waals surface area contributed by atoms with Gasteiger partial charge >= 0.3 is 6.03 Å². The van der Waals surface area contributed by atoms with E-state index in [9.17, 15) is 4.79 Å². The standard InChI is InChI=1S/C11H18N4O2/c1-3-9-10(6-15(2)14-9)13-11(16)12-8-4-5-17-7-8/h6,8H,3-5,7H2,1-2H3,(H2,12,13,16). The van der Waals surface area contributed by atoms with Gasteiger partial charge < -0.3 is 15.4 Å². The van der Waals surface area contributed by atoms with E-state index < -0.39 is 0 Å². The number of urea groups is 1. The first kappa shape index (κ1) is 11.9. The van der Waals surface area contributed by atoms with Crippen LogP contribution < -0.4 is 10.6 Å². The first-order chi connectivity index (χ1) is 8.19. The highest BCUT2D eigenvalue weighted by molar-refractivity contribution is 5.89. The Bertz CT molecular complexity index is 396. The zero-order chi connectivity index (χ0) is 12.3. The van der Waals surface area contributed by atoms with Crippen molar-refractivity contribution in [3.8, 4) is 0 Å². The topological polar surface area (TPSA) is 68.2 Å². The number of nitrogens with one attached hydrogen (secondary N) is 2. The Morgan fingerprint density at radius 2 is 2.53 bits per heavy atom. The lowest BCUT2D eigenvalue weighted by Crippen LogP contribution is -2.38. The molecule has 2 heterocycles. The van der Waals surface area contributed by atoms with Crippen molar-refractivity contribution in [2.24, 2.45) is 7.05 Å². The number of aromatic nitrogens is 2. The molecule has 2 rings (SSSR count). The Labute approximate surface area is 100 Å². The number of carbonyl (C=O) groups is 1. The number of hydrogen-bond acceptors (Lipinski definition) is 3. The fourth-order valence-corrected chi connectivity index (χ4v) is 1.89. The van der Waals surface area contributed by atoms with E-state index in [0.29, 0.717) is 6.61 Å². The Kier molecular flexibility index (Phi) is 3.63. The second-order valence-corrected chi connectivity index (χ2v) is 4.18. The summed E-state index contributed by atoms with van der Waals surface area (Å²) >= 11 is 0. The van der Waals surface area contributed by atoms with Crippen LogP contribution in [0.5, 0.6) is 0 Å². The smallest absolute Gasteiger partial charge is 0.319 e. The monoisotopic (exact) mass is 238 g/mol. The molecule has 1 aliphatic rings. The molecule has 0 aliphatic carbocycles. The molecule has 2 N–H and O–H groups in total. The van der Waals surface area contributed by atoms with Gasteiger partial charge in [-0.15, -0.1) is 0 Å². The quantitative estimate of drug-likeness (QED) is 0.821. The van der Waals surface area contributed by atoms with E-state index >= 15 is 0 Å². The summed E-state index contributed by atoms with van der Waals surface area (Å²) in [6, 6.07) is -0.0695. The van der Waals surface area contributed by atoms with Crippen molar-refractivity contribution in [3.63, 3.8) is 0 Å². The Morgan fingerprint density at radius 1 is 1.71 bits per heavy atom. The van der Waals surface area contributed by atoms with Gasteiger partial charge in [0.1, 0.15) is 0 Å². The van der Waals surface area contributed by atoms with Crippen LogP contribution in [0.15, 0.2) is 6.20 Å². The van der Waals surface area contributed by atoms with E-state index in [-0.39, 0.29) is 12.1 Å². The maximum absolute atomic E-state index is 11.7. The number of rotatable bonds is 3. The Morgan fingerprint density at radius 3 is 3.18 bits per heavy atom. The van der Waals surface area contributed by atoms with Crippen LogP contribution in [-0.4, -0.2) is 35.1 Å². The van der Waals surface area contributed by atoms with E-state index in [4.69, 9.17) is 4.74 Å². The van der Waals surface area contributed by atoms with Gasteiger partial charge in [-0.05, 0) is 12.8 Å². The number of carbonyl (C=O) groups excluding carboxylic acids is 1. The largest absolute Gasteiger partial charge is 0.379 e. The summed E-state index contributed by atoms with van der Waals surface area (Å²) in [5.41, 5.74) is 1.66. The molecular weight excluding hydrogens is 220 g/mol. The molecule has 17 heavy (non-hydrogen) atoms. The van der Waals surface area contributed by atoms with E-state index in [1.807, 2.05) is 20.2 Å². The number of anilines is 1. The SMILES string of the molecule is CCc1nn(C)cc1NC(=O)NC1CCOC1. The van der Waals surface area contributed by atoms with Gasteiger partial charge in [0.25, 0.3) is 0 Å². The highest BCUT2D eigenvalue weighted by Gasteiger charge is 2.18. The van der Waals surface area contributed by atoms with E-state index in [1.165, 1.54) is 0 Å². The molecular formula is C11H18N4O2. The van der Waals surface area contributed by atoms with Crippen molar-refractivity contribution in [2.75, 3.05) is 18.5 Å². The van der Waals surface area contributed by atoms with Crippen molar-refractivity contribution in [1.29, 1.82) is 0 Å². The molecule has 0 spiro atoms. The summed E-state index contributed by atoms with van der Waals surface area (Å²) < 4.78 is 6.90. The Balaban J connectivity index is 1.92. The van der Waals surface area contributed by atoms with Gasteiger partial charge in [-0.25, -0.2) is 4.79 Å². The lowest BCUT2D eigenvalue weighted by Gasteiger charge is -2.11. The zero-order valence-corrected chi connectivity index (χ0v) is 10.2. The van der Waals surface area contributed by atoms with Gasteiger partial charge in [0.05, 0.1) is 24.0 Å². The van der Waals surface area contributed by atoms with E-state index in [1.54, 1.807) is 4.68 Å². The fraction of sp³-hybridized carbons (Fsp3) is 0.636. The summed E-state index contributed by atoms with van der Waals surface area (Å²) in [4.78, 5) is 11.7. The second-order valence-electron chi connectivity index (χ2n) is 4.18. The van der Waals surface area contributed by atoms with Crippen molar-refractivity contribution in [3.05, 3.63) is 11.9 Å². The normalized spacial score (nSPS) is 19.3. The molecule has 6 nitrogen and oxygen atoms in total. The van der Waals surface area contributed by atoms with Gasteiger partial charge in [0.15, 0.2) is 0 Å². The highest BCUT2D eigenvalue weighted by Crippen LogP contribution is 2.13. The molecule has 0 bridgehead atoms. The highest BCUT2D eigenvalue weighted by atomic mass is 16.5. The summed E-state index contributed by atoms with van der Waals surface area (Å²) in [5.74, 6) is 0. The minimum absolute atomic E-state index is 0.122. The molecule has 1 aliphatic heterocycles. The van der Waals surface area contributed by atoms with Crippen LogP contribution in [0.4, 0.5) is 10.5 Å². The molecule has 1 aromatic heterocycles. The molecule has 6 heteroatoms. The molecule has 2 amide bonds. The van der Waals surface area contributed by atoms with Crippen LogP contribution in [0.1, 0.15) is 19.0 Å². The number of nitrogens with zero attached hydrogens (tertiary/aromatic N) is 2. The lowest BCUT2D eigenvalue weighted by molar-refractivity contribution is 0.189. The molecule has 0 saturated carbocycles. The average Bonchev–Trinajstić information content (AvgIpc) is 2.88. The Hall–Kier alpha value is -1.56. The minimum atomic E-state index is -0.191. The van der Waals surface area contributed by atoms with Crippen LogP contribution >= 0.6 is 0 Å². The third-order valence-electron chi connectivity index (χ3n) is 2.75. The molecule has 1 aromatic rings. The number of aryl methyl sites for hydroxylation is 2. The second kappa shape index (κ2) is 5.18. The zero-order valence-electron chi connectivity index (χ0n) is 10.2. The molecule has 1 atom stereocenters. The first-order valence-corrected chi connectivity index (χ1v) is 5.87. The van der Waals surface area contributed by atoms with Gasteiger partial charge in [0.2, 0.25) is 0 Å². The van der Waals surface area contributed by atoms with Gasteiger partial charge in [0, 0.05) is 19.9 Å². The molecule has 94 valence electrons. The summed E-state index contributed by atoms with van der Waals surface area (Å²) in [7, 11) is 1.84. The van der Waals surface area contributed by atoms with Crippen LogP contribution in [0.25, 0.3) is 0 Å². The third kappa shape index (κ3) is 2.97. The van der Waals surface area contributed by atoms with Crippen molar-refractivity contribution in [2.45, 2.75) is 25.8 Å². The van der Waals surface area contributed by atoms with Crippen LogP contribution in [-0.2, 0) is 18.2 Å². The summed E-state index contributed by atoms with van der Waals surface area (Å²) in [6.45, 7) is 3.33. The number of hydrogen-bond donors (Lipinski definition) is 2. The average molecular weight is 238 g/mol. The lowest BCUT2D eigenvalue weighted by atomic mass is 10.3. The van der Waals surface area contributed by atoms with Crippen molar-refractivity contribution < 1.29 is 9.53 Å². The summed E-state index contributed by atoms with van der Waals surface area (Å²) in [5, 5.41) is 9.96. The van der Waals surface area contributed by atoms with E-state index in [2.05, 4.69) is 15.7 Å². The predicted molar refractivity (Wildman–Crippen MR) is 64.0 cm³/mol. The molecule has 1 saturated heterocycles. The molecule has 0 aromatic carbocycles. The maximum atomic E-state index is 11.7. The van der Waals surface area contributed by atoms with Crippen LogP contribution in [0, 0.1) is 0 Å². The maximum Gasteiger partial charge on any atom is 0.319 e. The van der Waals surface area contributed by atoms with Crippen molar-refractivity contribution in [1.82, 2.24) is 15.1 Å². The number of amides is 2. The summed E-state index contributed by atoms with van der Waals surface area (Å²) in [6.07, 6.45) is 3.48. The van der Waals surface area contributed by atoms with Gasteiger partial charge in [-0.3, -0.25) is 4.68 Å². The van der Waals surface area contributed by atoms with Crippen LogP contribution in [0.3, 0.4) is 0 Å². The van der Waals surface area contributed by atoms with Gasteiger partial charge in [-0.1, -0.05) is 6.92 Å².